The molecule has 0 aliphatic carbocycles. The lowest BCUT2D eigenvalue weighted by molar-refractivity contribution is -0.134. The molecular weight excluding hydrogens is 284 g/mol. The van der Waals surface area contributed by atoms with E-state index >= 15 is 0 Å². The number of aromatic nitrogens is 3. The van der Waals surface area contributed by atoms with Crippen molar-refractivity contribution in [3.63, 3.8) is 0 Å². The van der Waals surface area contributed by atoms with Gasteiger partial charge < -0.3 is 9.47 Å². The number of likely N-dealkylation sites (tertiary alicyclic amines) is 1. The van der Waals surface area contributed by atoms with Crippen LogP contribution in [0.4, 0.5) is 0 Å². The summed E-state index contributed by atoms with van der Waals surface area (Å²) in [6.45, 7) is 8.50. The highest BCUT2D eigenvalue weighted by Crippen LogP contribution is 2.25. The lowest BCUT2D eigenvalue weighted by Gasteiger charge is -2.39. The van der Waals surface area contributed by atoms with Gasteiger partial charge in [0.15, 0.2) is 5.16 Å². The molecule has 2 rings (SSSR count). The van der Waals surface area contributed by atoms with E-state index in [9.17, 15) is 4.79 Å². The van der Waals surface area contributed by atoms with Gasteiger partial charge in [-0.2, -0.15) is 0 Å². The number of hydrogen-bond donors (Lipinski definition) is 0. The zero-order chi connectivity index (χ0) is 15.6. The van der Waals surface area contributed by atoms with Crippen molar-refractivity contribution in [3.8, 4) is 0 Å². The molecule has 21 heavy (non-hydrogen) atoms. The number of nitrogens with zero attached hydrogens (tertiary/aromatic N) is 4. The summed E-state index contributed by atoms with van der Waals surface area (Å²) in [7, 11) is 1.97. The van der Waals surface area contributed by atoms with Gasteiger partial charge in [-0.1, -0.05) is 25.6 Å². The largest absolute Gasteiger partial charge is 0.337 e. The molecule has 0 N–H and O–H groups in total. The van der Waals surface area contributed by atoms with E-state index in [1.54, 1.807) is 0 Å². The normalized spacial score (nSPS) is 22.9. The molecule has 0 radical (unpaired) electrons. The summed E-state index contributed by atoms with van der Waals surface area (Å²) in [5, 5.41) is 9.22. The van der Waals surface area contributed by atoms with E-state index in [-0.39, 0.29) is 5.91 Å². The van der Waals surface area contributed by atoms with Gasteiger partial charge in [-0.15, -0.1) is 10.2 Å². The molecule has 5 nitrogen and oxygen atoms in total. The van der Waals surface area contributed by atoms with Crippen LogP contribution in [0.2, 0.25) is 0 Å². The number of thioether (sulfide) groups is 1. The highest BCUT2D eigenvalue weighted by Gasteiger charge is 2.29. The average Bonchev–Trinajstić information content (AvgIpc) is 2.77. The first-order valence-electron chi connectivity index (χ1n) is 7.75. The molecule has 1 amide bonds. The number of carbonyl (C=O) groups is 1. The third kappa shape index (κ3) is 3.59. The Bertz CT molecular complexity index is 490. The van der Waals surface area contributed by atoms with Crippen molar-refractivity contribution >= 4 is 17.7 Å². The first-order chi connectivity index (χ1) is 9.91. The molecule has 0 saturated carbocycles. The smallest absolute Gasteiger partial charge is 0.233 e. The van der Waals surface area contributed by atoms with E-state index < -0.39 is 0 Å². The Morgan fingerprint density at radius 2 is 1.90 bits per heavy atom. The maximum absolute atomic E-state index is 12.5. The van der Waals surface area contributed by atoms with Crippen LogP contribution in [0.15, 0.2) is 5.16 Å². The average molecular weight is 310 g/mol. The van der Waals surface area contributed by atoms with Crippen molar-refractivity contribution in [2.45, 2.75) is 70.1 Å². The minimum atomic E-state index is 0.216. The van der Waals surface area contributed by atoms with E-state index in [1.165, 1.54) is 18.2 Å². The maximum atomic E-state index is 12.5. The Morgan fingerprint density at radius 3 is 2.43 bits per heavy atom. The van der Waals surface area contributed by atoms with Crippen LogP contribution < -0.4 is 0 Å². The van der Waals surface area contributed by atoms with Gasteiger partial charge in [-0.3, -0.25) is 4.79 Å². The molecule has 1 aliphatic rings. The summed E-state index contributed by atoms with van der Waals surface area (Å²) in [5.74, 6) is 1.96. The molecule has 1 fully saturated rings. The van der Waals surface area contributed by atoms with E-state index in [0.29, 0.717) is 23.8 Å². The standard InChI is InChI=1S/C15H26N4OS/c1-10(2)14-16-17-15(18(14)5)21-9-13(20)19-11(3)7-6-8-12(19)4/h10-12H,6-9H2,1-5H3/t11-,12-/m1/s1. The molecule has 0 bridgehead atoms. The lowest BCUT2D eigenvalue weighted by Crippen LogP contribution is -2.48. The summed E-state index contributed by atoms with van der Waals surface area (Å²) in [6.07, 6.45) is 3.45. The first kappa shape index (κ1) is 16.3. The molecule has 0 unspecified atom stereocenters. The van der Waals surface area contributed by atoms with Crippen molar-refractivity contribution in [2.24, 2.45) is 7.05 Å². The van der Waals surface area contributed by atoms with Crippen molar-refractivity contribution in [1.82, 2.24) is 19.7 Å². The summed E-state index contributed by atoms with van der Waals surface area (Å²) in [4.78, 5) is 14.5. The maximum Gasteiger partial charge on any atom is 0.233 e. The van der Waals surface area contributed by atoms with Gasteiger partial charge in [0, 0.05) is 25.0 Å². The minimum absolute atomic E-state index is 0.216. The Labute approximate surface area is 131 Å². The van der Waals surface area contributed by atoms with E-state index in [1.807, 2.05) is 11.6 Å². The van der Waals surface area contributed by atoms with Gasteiger partial charge in [0.05, 0.1) is 5.75 Å². The fourth-order valence-corrected chi connectivity index (χ4v) is 3.86. The van der Waals surface area contributed by atoms with Gasteiger partial charge in [0.2, 0.25) is 5.91 Å². The van der Waals surface area contributed by atoms with Crippen LogP contribution in [0.1, 0.15) is 58.7 Å². The molecule has 2 heterocycles. The Kier molecular flexibility index (Phi) is 5.30. The number of carbonyl (C=O) groups excluding carboxylic acids is 1. The molecule has 1 aromatic rings. The van der Waals surface area contributed by atoms with Crippen molar-refractivity contribution in [2.75, 3.05) is 5.75 Å². The number of piperidine rings is 1. The van der Waals surface area contributed by atoms with Crippen LogP contribution in [0.3, 0.4) is 0 Å². The fraction of sp³-hybridized carbons (Fsp3) is 0.800. The third-order valence-electron chi connectivity index (χ3n) is 4.19. The molecule has 118 valence electrons. The van der Waals surface area contributed by atoms with Crippen LogP contribution in [0, 0.1) is 0 Å². The molecule has 0 spiro atoms. The second-order valence-corrected chi connectivity index (χ2v) is 7.22. The Hall–Kier alpha value is -1.04. The molecule has 0 aromatic carbocycles. The molecule has 1 aliphatic heterocycles. The van der Waals surface area contributed by atoms with Gasteiger partial charge in [-0.05, 0) is 33.1 Å². The highest BCUT2D eigenvalue weighted by atomic mass is 32.2. The highest BCUT2D eigenvalue weighted by molar-refractivity contribution is 7.99. The fourth-order valence-electron chi connectivity index (χ4n) is 3.07. The zero-order valence-corrected chi connectivity index (χ0v) is 14.5. The van der Waals surface area contributed by atoms with Crippen molar-refractivity contribution < 1.29 is 4.79 Å². The Balaban J connectivity index is 1.98. The van der Waals surface area contributed by atoms with Crippen LogP contribution in [0.25, 0.3) is 0 Å². The van der Waals surface area contributed by atoms with Crippen LogP contribution in [-0.2, 0) is 11.8 Å². The molecule has 6 heteroatoms. The summed E-state index contributed by atoms with van der Waals surface area (Å²) in [6, 6.07) is 0.708. The van der Waals surface area contributed by atoms with Gasteiger partial charge >= 0.3 is 0 Å². The number of rotatable bonds is 4. The van der Waals surface area contributed by atoms with Crippen LogP contribution in [0.5, 0.6) is 0 Å². The predicted molar refractivity (Wildman–Crippen MR) is 85.4 cm³/mol. The summed E-state index contributed by atoms with van der Waals surface area (Å²) >= 11 is 1.49. The van der Waals surface area contributed by atoms with Crippen LogP contribution in [-0.4, -0.2) is 43.4 Å². The SMILES string of the molecule is CC(C)c1nnc(SCC(=O)N2[C@H](C)CCC[C@H]2C)n1C. The monoisotopic (exact) mass is 310 g/mol. The summed E-state index contributed by atoms with van der Waals surface area (Å²) in [5.41, 5.74) is 0. The topological polar surface area (TPSA) is 51.0 Å². The second-order valence-electron chi connectivity index (χ2n) is 6.27. The Morgan fingerprint density at radius 1 is 1.29 bits per heavy atom. The van der Waals surface area contributed by atoms with E-state index in [2.05, 4.69) is 42.8 Å². The van der Waals surface area contributed by atoms with E-state index in [0.717, 1.165) is 23.8 Å². The molecular formula is C15H26N4OS. The number of amides is 1. The van der Waals surface area contributed by atoms with E-state index in [4.69, 9.17) is 0 Å². The lowest BCUT2D eigenvalue weighted by atomic mass is 9.98. The molecule has 2 atom stereocenters. The predicted octanol–water partition coefficient (Wildman–Crippen LogP) is 2.82. The van der Waals surface area contributed by atoms with Crippen molar-refractivity contribution in [1.29, 1.82) is 0 Å². The first-order valence-corrected chi connectivity index (χ1v) is 8.73. The van der Waals surface area contributed by atoms with Gasteiger partial charge in [-0.25, -0.2) is 0 Å². The van der Waals surface area contributed by atoms with Crippen LogP contribution >= 0.6 is 11.8 Å². The second kappa shape index (κ2) is 6.81. The number of hydrogen-bond acceptors (Lipinski definition) is 4. The minimum Gasteiger partial charge on any atom is -0.337 e. The molecule has 1 saturated heterocycles. The van der Waals surface area contributed by atoms with Gasteiger partial charge in [0.1, 0.15) is 5.82 Å². The molecule has 1 aromatic heterocycles. The van der Waals surface area contributed by atoms with Gasteiger partial charge in [0.25, 0.3) is 0 Å². The summed E-state index contributed by atoms with van der Waals surface area (Å²) < 4.78 is 1.99. The third-order valence-corrected chi connectivity index (χ3v) is 5.20. The quantitative estimate of drug-likeness (QED) is 0.803. The zero-order valence-electron chi connectivity index (χ0n) is 13.7. The van der Waals surface area contributed by atoms with Crippen molar-refractivity contribution in [3.05, 3.63) is 5.82 Å².